The summed E-state index contributed by atoms with van der Waals surface area (Å²) in [5.74, 6) is 0.665. The normalized spacial score (nSPS) is 28.2. The highest BCUT2D eigenvalue weighted by Gasteiger charge is 2.22. The van der Waals surface area contributed by atoms with Crippen molar-refractivity contribution in [3.05, 3.63) is 0 Å². The fourth-order valence-corrected chi connectivity index (χ4v) is 2.21. The molecule has 0 aliphatic carbocycles. The quantitative estimate of drug-likeness (QED) is 0.681. The molecule has 0 spiro atoms. The molecule has 0 bridgehead atoms. The Hall–Kier alpha value is -0.120. The van der Waals surface area contributed by atoms with Crippen molar-refractivity contribution < 1.29 is 4.74 Å². The number of ether oxygens (including phenoxy) is 1. The molecule has 0 aromatic heterocycles. The number of nitrogens with two attached hydrogens (primary N) is 1. The predicted molar refractivity (Wildman–Crippen MR) is 63.9 cm³/mol. The monoisotopic (exact) mass is 214 g/mol. The summed E-state index contributed by atoms with van der Waals surface area (Å²) in [6, 6.07) is 0.426. The van der Waals surface area contributed by atoms with Gasteiger partial charge in [0, 0.05) is 26.3 Å². The summed E-state index contributed by atoms with van der Waals surface area (Å²) in [4.78, 5) is 2.56. The molecular formula is C12H26N2O. The summed E-state index contributed by atoms with van der Waals surface area (Å²) < 4.78 is 5.03. The number of methoxy groups -OCH3 is 1. The summed E-state index contributed by atoms with van der Waals surface area (Å²) in [5, 5.41) is 0. The second-order valence-electron chi connectivity index (χ2n) is 4.78. The van der Waals surface area contributed by atoms with Gasteiger partial charge in [0.05, 0.1) is 0 Å². The summed E-state index contributed by atoms with van der Waals surface area (Å²) in [7, 11) is 1.77. The Morgan fingerprint density at radius 2 is 2.13 bits per heavy atom. The van der Waals surface area contributed by atoms with Crippen molar-refractivity contribution in [1.29, 1.82) is 0 Å². The minimum absolute atomic E-state index is 0.426. The lowest BCUT2D eigenvalue weighted by atomic mass is 9.95. The largest absolute Gasteiger partial charge is 0.385 e. The molecule has 2 unspecified atom stereocenters. The number of piperidine rings is 1. The van der Waals surface area contributed by atoms with E-state index in [0.29, 0.717) is 12.0 Å². The van der Waals surface area contributed by atoms with Gasteiger partial charge in [-0.05, 0) is 44.7 Å². The van der Waals surface area contributed by atoms with Gasteiger partial charge in [-0.15, -0.1) is 0 Å². The molecule has 2 atom stereocenters. The lowest BCUT2D eigenvalue weighted by molar-refractivity contribution is 0.157. The Kier molecular flexibility index (Phi) is 6.22. The van der Waals surface area contributed by atoms with Gasteiger partial charge in [0.1, 0.15) is 0 Å². The van der Waals surface area contributed by atoms with E-state index in [4.69, 9.17) is 10.5 Å². The highest BCUT2D eigenvalue weighted by atomic mass is 16.5. The van der Waals surface area contributed by atoms with Gasteiger partial charge in [-0.2, -0.15) is 0 Å². The minimum Gasteiger partial charge on any atom is -0.385 e. The summed E-state index contributed by atoms with van der Waals surface area (Å²) in [6.07, 6.45) is 4.94. The zero-order valence-electron chi connectivity index (χ0n) is 10.2. The van der Waals surface area contributed by atoms with E-state index in [1.807, 2.05) is 0 Å². The second kappa shape index (κ2) is 7.20. The first-order valence-corrected chi connectivity index (χ1v) is 6.21. The maximum atomic E-state index is 5.99. The van der Waals surface area contributed by atoms with E-state index in [9.17, 15) is 0 Å². The smallest absolute Gasteiger partial charge is 0.0462 e. The van der Waals surface area contributed by atoms with Gasteiger partial charge in [0.25, 0.3) is 0 Å². The van der Waals surface area contributed by atoms with Crippen LogP contribution in [0.5, 0.6) is 0 Å². The van der Waals surface area contributed by atoms with Crippen molar-refractivity contribution in [2.75, 3.05) is 33.4 Å². The van der Waals surface area contributed by atoms with E-state index < -0.39 is 0 Å². The van der Waals surface area contributed by atoms with Crippen LogP contribution >= 0.6 is 0 Å². The predicted octanol–water partition coefficient (Wildman–Crippen LogP) is 1.47. The van der Waals surface area contributed by atoms with Crippen molar-refractivity contribution in [3.63, 3.8) is 0 Å². The van der Waals surface area contributed by atoms with Crippen LogP contribution in [0.2, 0.25) is 0 Å². The Morgan fingerprint density at radius 1 is 1.33 bits per heavy atom. The molecular weight excluding hydrogens is 188 g/mol. The Morgan fingerprint density at radius 3 is 2.80 bits per heavy atom. The van der Waals surface area contributed by atoms with E-state index in [1.165, 1.54) is 45.3 Å². The summed E-state index contributed by atoms with van der Waals surface area (Å²) in [6.45, 7) is 6.78. The Labute approximate surface area is 94.0 Å². The molecule has 1 saturated heterocycles. The van der Waals surface area contributed by atoms with Crippen molar-refractivity contribution in [2.45, 2.75) is 38.6 Å². The molecule has 3 heteroatoms. The van der Waals surface area contributed by atoms with Gasteiger partial charge in [0.2, 0.25) is 0 Å². The van der Waals surface area contributed by atoms with Gasteiger partial charge >= 0.3 is 0 Å². The number of unbranched alkanes of at least 4 members (excludes halogenated alkanes) is 2. The standard InChI is InChI=1S/C12H26N2O/c1-11-10-14(8-6-12(11)13)7-4-3-5-9-15-2/h11-12H,3-10,13H2,1-2H3. The maximum absolute atomic E-state index is 5.99. The third-order valence-corrected chi connectivity index (χ3v) is 3.38. The van der Waals surface area contributed by atoms with E-state index >= 15 is 0 Å². The number of hydrogen-bond acceptors (Lipinski definition) is 3. The lowest BCUT2D eigenvalue weighted by Crippen LogP contribution is -2.46. The van der Waals surface area contributed by atoms with Crippen LogP contribution in [0.4, 0.5) is 0 Å². The molecule has 1 heterocycles. The van der Waals surface area contributed by atoms with Crippen molar-refractivity contribution in [1.82, 2.24) is 4.90 Å². The average molecular weight is 214 g/mol. The Balaban J connectivity index is 2.02. The van der Waals surface area contributed by atoms with Gasteiger partial charge in [-0.25, -0.2) is 0 Å². The second-order valence-corrected chi connectivity index (χ2v) is 4.78. The average Bonchev–Trinajstić information content (AvgIpc) is 2.23. The van der Waals surface area contributed by atoms with Gasteiger partial charge < -0.3 is 15.4 Å². The van der Waals surface area contributed by atoms with Crippen LogP contribution in [0.15, 0.2) is 0 Å². The molecule has 1 rings (SSSR count). The van der Waals surface area contributed by atoms with Crippen LogP contribution in [-0.4, -0.2) is 44.3 Å². The first-order chi connectivity index (χ1) is 7.24. The van der Waals surface area contributed by atoms with E-state index in [0.717, 1.165) is 6.61 Å². The number of rotatable bonds is 6. The molecule has 1 aliphatic heterocycles. The van der Waals surface area contributed by atoms with Crippen LogP contribution in [0.25, 0.3) is 0 Å². The van der Waals surface area contributed by atoms with Crippen LogP contribution < -0.4 is 5.73 Å². The molecule has 3 nitrogen and oxygen atoms in total. The van der Waals surface area contributed by atoms with Crippen LogP contribution in [0.3, 0.4) is 0 Å². The first-order valence-electron chi connectivity index (χ1n) is 6.21. The maximum Gasteiger partial charge on any atom is 0.0462 e. The number of likely N-dealkylation sites (tertiary alicyclic amines) is 1. The highest BCUT2D eigenvalue weighted by Crippen LogP contribution is 2.15. The molecule has 90 valence electrons. The van der Waals surface area contributed by atoms with Crippen LogP contribution in [-0.2, 0) is 4.74 Å². The zero-order valence-corrected chi connectivity index (χ0v) is 10.2. The summed E-state index contributed by atoms with van der Waals surface area (Å²) >= 11 is 0. The third-order valence-electron chi connectivity index (χ3n) is 3.38. The van der Waals surface area contributed by atoms with E-state index in [1.54, 1.807) is 7.11 Å². The third kappa shape index (κ3) is 4.96. The van der Waals surface area contributed by atoms with E-state index in [-0.39, 0.29) is 0 Å². The molecule has 0 amide bonds. The van der Waals surface area contributed by atoms with Crippen molar-refractivity contribution in [3.8, 4) is 0 Å². The van der Waals surface area contributed by atoms with Crippen LogP contribution in [0, 0.1) is 5.92 Å². The SMILES string of the molecule is COCCCCCN1CCC(N)C(C)C1. The first kappa shape index (κ1) is 12.9. The molecule has 0 saturated carbocycles. The molecule has 2 N–H and O–H groups in total. The topological polar surface area (TPSA) is 38.5 Å². The van der Waals surface area contributed by atoms with Gasteiger partial charge in [-0.1, -0.05) is 6.92 Å². The van der Waals surface area contributed by atoms with E-state index in [2.05, 4.69) is 11.8 Å². The number of nitrogens with zero attached hydrogens (tertiary/aromatic N) is 1. The van der Waals surface area contributed by atoms with Crippen molar-refractivity contribution in [2.24, 2.45) is 11.7 Å². The Bertz CT molecular complexity index is 164. The van der Waals surface area contributed by atoms with Crippen molar-refractivity contribution >= 4 is 0 Å². The minimum atomic E-state index is 0.426. The molecule has 1 aliphatic rings. The summed E-state index contributed by atoms with van der Waals surface area (Å²) in [5.41, 5.74) is 5.99. The molecule has 0 aromatic rings. The highest BCUT2D eigenvalue weighted by molar-refractivity contribution is 4.79. The molecule has 1 fully saturated rings. The van der Waals surface area contributed by atoms with Gasteiger partial charge in [-0.3, -0.25) is 0 Å². The zero-order chi connectivity index (χ0) is 11.1. The fraction of sp³-hybridized carbons (Fsp3) is 1.00. The lowest BCUT2D eigenvalue weighted by Gasteiger charge is -2.35. The fourth-order valence-electron chi connectivity index (χ4n) is 2.21. The number of hydrogen-bond donors (Lipinski definition) is 1. The molecule has 15 heavy (non-hydrogen) atoms. The van der Waals surface area contributed by atoms with Crippen LogP contribution in [0.1, 0.15) is 32.6 Å². The van der Waals surface area contributed by atoms with Gasteiger partial charge in [0.15, 0.2) is 0 Å². The molecule has 0 aromatic carbocycles. The molecule has 0 radical (unpaired) electrons.